The molecule has 3 N–H and O–H groups in total. The Morgan fingerprint density at radius 1 is 1.11 bits per heavy atom. The van der Waals surface area contributed by atoms with Crippen LogP contribution in [0.3, 0.4) is 0 Å². The number of pyridine rings is 1. The quantitative estimate of drug-likeness (QED) is 0.212. The van der Waals surface area contributed by atoms with E-state index >= 15 is 0 Å². The Morgan fingerprint density at radius 3 is 2.45 bits per heavy atom. The Kier molecular flexibility index (Phi) is 10.0. The van der Waals surface area contributed by atoms with E-state index in [4.69, 9.17) is 14.2 Å². The van der Waals surface area contributed by atoms with Crippen molar-refractivity contribution in [2.45, 2.75) is 63.5 Å². The van der Waals surface area contributed by atoms with Crippen LogP contribution >= 0.6 is 11.8 Å². The van der Waals surface area contributed by atoms with Crippen LogP contribution in [0.4, 0.5) is 14.7 Å². The summed E-state index contributed by atoms with van der Waals surface area (Å²) in [4.78, 5) is 29.6. The Bertz CT molecular complexity index is 1630. The highest BCUT2D eigenvalue weighted by molar-refractivity contribution is 7.98. The summed E-state index contributed by atoms with van der Waals surface area (Å²) in [6.45, 7) is 9.19. The number of thioether (sulfide) groups is 1. The number of fused-ring (bicyclic) bond motifs is 1. The van der Waals surface area contributed by atoms with Crippen LogP contribution in [-0.2, 0) is 11.3 Å². The van der Waals surface area contributed by atoms with Crippen LogP contribution in [0.1, 0.15) is 48.4 Å². The fourth-order valence-corrected chi connectivity index (χ4v) is 7.34. The minimum atomic E-state index is -2.37. The van der Waals surface area contributed by atoms with Crippen LogP contribution < -0.4 is 25.2 Å². The van der Waals surface area contributed by atoms with Crippen LogP contribution in [0, 0.1) is 19.8 Å². The van der Waals surface area contributed by atoms with Crippen LogP contribution in [0.15, 0.2) is 34.2 Å². The van der Waals surface area contributed by atoms with Crippen molar-refractivity contribution < 1.29 is 28.1 Å². The molecule has 14 heteroatoms. The zero-order chi connectivity index (χ0) is 33.3. The summed E-state index contributed by atoms with van der Waals surface area (Å²) in [6, 6.07) is 3.77. The first-order chi connectivity index (χ1) is 22.6. The van der Waals surface area contributed by atoms with E-state index < -0.39 is 18.4 Å². The lowest BCUT2D eigenvalue weighted by Gasteiger charge is -2.38. The van der Waals surface area contributed by atoms with E-state index in [1.807, 2.05) is 39.2 Å². The predicted octanol–water partition coefficient (Wildman–Crippen LogP) is 4.25. The van der Waals surface area contributed by atoms with Gasteiger partial charge in [-0.05, 0) is 58.2 Å². The third-order valence-corrected chi connectivity index (χ3v) is 10.1. The number of aliphatic hydroxyl groups excluding tert-OH is 1. The average molecular weight is 673 g/mol. The number of ether oxygens (including phenoxy) is 3. The number of nitrogens with zero attached hydrogens (tertiary/aromatic N) is 4. The minimum absolute atomic E-state index is 0.0410. The van der Waals surface area contributed by atoms with Gasteiger partial charge in [-0.2, -0.15) is 0 Å². The molecule has 2 saturated heterocycles. The van der Waals surface area contributed by atoms with E-state index in [2.05, 4.69) is 25.2 Å². The van der Waals surface area contributed by atoms with Crippen LogP contribution in [0.2, 0.25) is 0 Å². The first kappa shape index (κ1) is 33.6. The molecule has 6 rings (SSSR count). The third-order valence-electron chi connectivity index (χ3n) is 9.32. The van der Waals surface area contributed by atoms with Crippen LogP contribution in [0.25, 0.3) is 11.1 Å². The van der Waals surface area contributed by atoms with Gasteiger partial charge >= 0.3 is 0 Å². The van der Waals surface area contributed by atoms with E-state index in [1.165, 1.54) is 11.8 Å². The van der Waals surface area contributed by atoms with Crippen LogP contribution in [-0.4, -0.2) is 89.4 Å². The van der Waals surface area contributed by atoms with Crippen molar-refractivity contribution in [2.24, 2.45) is 5.92 Å². The maximum absolute atomic E-state index is 13.0. The number of aromatic amines is 1. The van der Waals surface area contributed by atoms with Gasteiger partial charge in [-0.25, -0.2) is 18.7 Å². The Labute approximate surface area is 277 Å². The number of nitrogens with one attached hydrogen (secondary N) is 2. The minimum Gasteiger partial charge on any atom is -0.448 e. The molecule has 2 aromatic heterocycles. The van der Waals surface area contributed by atoms with Crippen molar-refractivity contribution in [1.82, 2.24) is 25.2 Å². The predicted molar refractivity (Wildman–Crippen MR) is 175 cm³/mol. The molecule has 0 amide bonds. The lowest BCUT2D eigenvalue weighted by atomic mass is 9.89. The molecule has 0 bridgehead atoms. The summed E-state index contributed by atoms with van der Waals surface area (Å²) < 4.78 is 44.8. The number of hydrogen-bond donors (Lipinski definition) is 3. The number of morpholine rings is 1. The van der Waals surface area contributed by atoms with Gasteiger partial charge in [0.2, 0.25) is 5.95 Å². The van der Waals surface area contributed by atoms with E-state index in [9.17, 15) is 18.7 Å². The number of aliphatic hydroxyl groups is 1. The molecule has 5 heterocycles. The highest BCUT2D eigenvalue weighted by atomic mass is 32.2. The number of hydrogen-bond acceptors (Lipinski definition) is 11. The number of aryl methyl sites for hydroxylation is 1. The largest absolute Gasteiger partial charge is 0.448 e. The number of benzene rings is 1. The second kappa shape index (κ2) is 14.0. The summed E-state index contributed by atoms with van der Waals surface area (Å²) in [5.74, 6) is 0.561. The van der Waals surface area contributed by atoms with Crippen LogP contribution in [0.5, 0.6) is 11.5 Å². The van der Waals surface area contributed by atoms with Crippen molar-refractivity contribution in [3.8, 4) is 22.6 Å². The van der Waals surface area contributed by atoms with Gasteiger partial charge in [0.1, 0.15) is 6.23 Å². The lowest BCUT2D eigenvalue weighted by molar-refractivity contribution is -0.126. The molecule has 3 aliphatic heterocycles. The van der Waals surface area contributed by atoms with Gasteiger partial charge in [-0.1, -0.05) is 0 Å². The number of aromatic nitrogens is 3. The van der Waals surface area contributed by atoms with Crippen molar-refractivity contribution in [3.63, 3.8) is 0 Å². The molecule has 0 radical (unpaired) electrons. The molecule has 2 fully saturated rings. The maximum atomic E-state index is 13.0. The van der Waals surface area contributed by atoms with E-state index in [0.29, 0.717) is 97.5 Å². The molecule has 47 heavy (non-hydrogen) atoms. The molecule has 0 aliphatic carbocycles. The molecule has 3 aliphatic rings. The number of alkyl halides is 2. The number of rotatable bonds is 10. The number of anilines is 1. The maximum Gasteiger partial charge on any atom is 0.253 e. The third kappa shape index (κ3) is 7.12. The number of likely N-dealkylation sites (tertiary alicyclic amines) is 1. The van der Waals surface area contributed by atoms with Gasteiger partial charge in [-0.3, -0.25) is 15.0 Å². The zero-order valence-corrected chi connectivity index (χ0v) is 28.0. The van der Waals surface area contributed by atoms with E-state index in [0.717, 1.165) is 10.6 Å². The fraction of sp³-hybridized carbons (Fsp3) is 0.545. The molecule has 0 spiro atoms. The second-order valence-corrected chi connectivity index (χ2v) is 13.3. The molecule has 2 unspecified atom stereocenters. The fourth-order valence-electron chi connectivity index (χ4n) is 6.64. The summed E-state index contributed by atoms with van der Waals surface area (Å²) in [7, 11) is 0. The van der Waals surface area contributed by atoms with Crippen molar-refractivity contribution >= 4 is 17.7 Å². The molecule has 254 valence electrons. The van der Waals surface area contributed by atoms with Gasteiger partial charge < -0.3 is 29.2 Å². The lowest BCUT2D eigenvalue weighted by Crippen LogP contribution is -2.49. The molecular formula is C33H42F2N6O5S. The number of H-pyrrole nitrogens is 1. The van der Waals surface area contributed by atoms with Gasteiger partial charge in [0.15, 0.2) is 11.5 Å². The summed E-state index contributed by atoms with van der Waals surface area (Å²) in [5.41, 5.74) is 3.70. The van der Waals surface area contributed by atoms with Crippen molar-refractivity contribution in [2.75, 3.05) is 57.1 Å². The molecule has 3 aromatic rings. The smallest absolute Gasteiger partial charge is 0.253 e. The number of halogens is 2. The monoisotopic (exact) mass is 672 g/mol. The average Bonchev–Trinajstić information content (AvgIpc) is 3.43. The van der Waals surface area contributed by atoms with E-state index in [1.54, 1.807) is 17.3 Å². The first-order valence-electron chi connectivity index (χ1n) is 16.0. The Morgan fingerprint density at radius 2 is 1.79 bits per heavy atom. The molecule has 2 atom stereocenters. The zero-order valence-electron chi connectivity index (χ0n) is 27.1. The summed E-state index contributed by atoms with van der Waals surface area (Å²) in [6.07, 6.45) is 3.16. The van der Waals surface area contributed by atoms with E-state index in [-0.39, 0.29) is 24.6 Å². The van der Waals surface area contributed by atoms with Crippen molar-refractivity contribution in [3.05, 3.63) is 57.3 Å². The summed E-state index contributed by atoms with van der Waals surface area (Å²) >= 11 is 1.48. The van der Waals surface area contributed by atoms with Gasteiger partial charge in [-0.15, -0.1) is 11.8 Å². The molecule has 1 aromatic carbocycles. The van der Waals surface area contributed by atoms with Gasteiger partial charge in [0.25, 0.3) is 17.8 Å². The molecular weight excluding hydrogens is 630 g/mol. The van der Waals surface area contributed by atoms with Gasteiger partial charge in [0, 0.05) is 83.3 Å². The topological polar surface area (TPSA) is 125 Å². The summed E-state index contributed by atoms with van der Waals surface area (Å²) in [5, 5.41) is 14.7. The number of piperidine rings is 1. The normalized spacial score (nSPS) is 21.1. The Hall–Kier alpha value is -3.30. The molecule has 11 nitrogen and oxygen atoms in total. The standard InChI is InChI=1S/C33H42F2N6O5S/c1-19-13-26(47-4)25(31(43)39-19)17-36-30(42)23-14-24(21-15-37-32(38-16-21)41-9-11-44-12-10-41)29-28(20(23)2)45-33(3,46-29)22-5-7-40(8-6-22)18-27(34)35/h13-16,22,27,30,36,42H,5-12,17-18H2,1-4H3,(H,39,43). The highest BCUT2D eigenvalue weighted by Gasteiger charge is 2.47. The van der Waals surface area contributed by atoms with Gasteiger partial charge in [0.05, 0.1) is 19.8 Å². The van der Waals surface area contributed by atoms with Crippen molar-refractivity contribution in [1.29, 1.82) is 0 Å². The second-order valence-electron chi connectivity index (χ2n) is 12.5. The Balaban J connectivity index is 1.31. The highest BCUT2D eigenvalue weighted by Crippen LogP contribution is 2.52. The first-order valence-corrected chi connectivity index (χ1v) is 17.2. The molecule has 0 saturated carbocycles. The SMILES string of the molecule is CSc1cc(C)[nH]c(=O)c1CNC(O)c1cc(-c2cnc(N3CCOCC3)nc2)c2c(c1C)OC(C)(C1CCN(CC(F)F)CC1)O2.